The Labute approximate surface area is 127 Å². The Morgan fingerprint density at radius 2 is 2.10 bits per heavy atom. The first kappa shape index (κ1) is 18.3. The Bertz CT molecular complexity index is 458. The van der Waals surface area contributed by atoms with E-state index in [0.717, 1.165) is 4.31 Å². The number of aliphatic hydroxyl groups is 1. The van der Waals surface area contributed by atoms with Crippen molar-refractivity contribution in [1.29, 1.82) is 0 Å². The zero-order valence-electron chi connectivity index (χ0n) is 13.2. The van der Waals surface area contributed by atoms with Gasteiger partial charge in [-0.1, -0.05) is 0 Å². The molecule has 1 N–H and O–H groups in total. The van der Waals surface area contributed by atoms with Gasteiger partial charge in [0.05, 0.1) is 18.1 Å². The van der Waals surface area contributed by atoms with Crippen LogP contribution in [0, 0.1) is 5.92 Å². The molecule has 1 atom stereocenters. The van der Waals surface area contributed by atoms with Crippen molar-refractivity contribution in [2.75, 3.05) is 33.3 Å². The Balaban J connectivity index is 2.76. The number of rotatable bonds is 6. The van der Waals surface area contributed by atoms with Gasteiger partial charge in [0.25, 0.3) is 10.2 Å². The third-order valence-electron chi connectivity index (χ3n) is 3.33. The average molecular weight is 322 g/mol. The maximum atomic E-state index is 12.5. The number of carbonyl (C=O) groups is 1. The van der Waals surface area contributed by atoms with E-state index in [0.29, 0.717) is 26.0 Å². The van der Waals surface area contributed by atoms with Crippen LogP contribution in [0.15, 0.2) is 0 Å². The van der Waals surface area contributed by atoms with Gasteiger partial charge in [-0.2, -0.15) is 17.0 Å². The fraction of sp³-hybridized carbons (Fsp3) is 0.923. The van der Waals surface area contributed by atoms with E-state index in [1.165, 1.54) is 11.4 Å². The largest absolute Gasteiger partial charge is 0.466 e. The molecule has 1 aliphatic heterocycles. The fourth-order valence-electron chi connectivity index (χ4n) is 2.43. The van der Waals surface area contributed by atoms with Crippen LogP contribution in [-0.4, -0.2) is 67.0 Å². The van der Waals surface area contributed by atoms with Gasteiger partial charge in [-0.25, -0.2) is 0 Å². The van der Waals surface area contributed by atoms with Crippen LogP contribution in [0.5, 0.6) is 0 Å². The molecular formula is C13H26N2O5S. The maximum absolute atomic E-state index is 12.5. The molecule has 0 amide bonds. The second-order valence-corrected chi connectivity index (χ2v) is 8.06. The molecule has 0 bridgehead atoms. The maximum Gasteiger partial charge on any atom is 0.310 e. The van der Waals surface area contributed by atoms with Crippen molar-refractivity contribution < 1.29 is 23.1 Å². The molecule has 1 fully saturated rings. The molecule has 0 aromatic rings. The second-order valence-electron chi connectivity index (χ2n) is 6.03. The first-order valence-electron chi connectivity index (χ1n) is 7.18. The van der Waals surface area contributed by atoms with E-state index in [1.54, 1.807) is 20.8 Å². The zero-order valence-corrected chi connectivity index (χ0v) is 14.0. The topological polar surface area (TPSA) is 87.2 Å². The van der Waals surface area contributed by atoms with Crippen molar-refractivity contribution in [3.05, 3.63) is 0 Å². The van der Waals surface area contributed by atoms with Gasteiger partial charge in [-0.05, 0) is 33.6 Å². The summed E-state index contributed by atoms with van der Waals surface area (Å²) in [6.45, 7) is 5.64. The van der Waals surface area contributed by atoms with E-state index in [-0.39, 0.29) is 19.1 Å². The van der Waals surface area contributed by atoms with Gasteiger partial charge in [0.15, 0.2) is 0 Å². The molecule has 21 heavy (non-hydrogen) atoms. The number of hydrogen-bond acceptors (Lipinski definition) is 5. The molecule has 0 aromatic heterocycles. The standard InChI is InChI=1S/C13H26N2O5S/c1-5-20-12(16)11-7-6-8-15(9-11)21(18,19)14(4)10-13(2,3)17/h11,17H,5-10H2,1-4H3. The predicted molar refractivity (Wildman–Crippen MR) is 78.8 cm³/mol. The highest BCUT2D eigenvalue weighted by atomic mass is 32.2. The summed E-state index contributed by atoms with van der Waals surface area (Å²) in [5.74, 6) is -0.758. The number of esters is 1. The van der Waals surface area contributed by atoms with Crippen LogP contribution < -0.4 is 0 Å². The number of piperidine rings is 1. The molecule has 1 saturated heterocycles. The lowest BCUT2D eigenvalue weighted by Gasteiger charge is -2.35. The quantitative estimate of drug-likeness (QED) is 0.706. The van der Waals surface area contributed by atoms with Crippen LogP contribution >= 0.6 is 0 Å². The lowest BCUT2D eigenvalue weighted by atomic mass is 10.0. The summed E-state index contributed by atoms with van der Waals surface area (Å²) in [6.07, 6.45) is 1.26. The van der Waals surface area contributed by atoms with Crippen molar-refractivity contribution in [2.24, 2.45) is 5.92 Å². The summed E-state index contributed by atoms with van der Waals surface area (Å²) in [7, 11) is -2.25. The van der Waals surface area contributed by atoms with E-state index in [2.05, 4.69) is 0 Å². The Morgan fingerprint density at radius 1 is 1.48 bits per heavy atom. The van der Waals surface area contributed by atoms with Gasteiger partial charge < -0.3 is 9.84 Å². The molecular weight excluding hydrogens is 296 g/mol. The third-order valence-corrected chi connectivity index (χ3v) is 5.23. The van der Waals surface area contributed by atoms with Crippen LogP contribution in [0.3, 0.4) is 0 Å². The second kappa shape index (κ2) is 7.04. The van der Waals surface area contributed by atoms with E-state index < -0.39 is 21.7 Å². The van der Waals surface area contributed by atoms with Crippen molar-refractivity contribution >= 4 is 16.2 Å². The highest BCUT2D eigenvalue weighted by Crippen LogP contribution is 2.22. The molecule has 124 valence electrons. The molecule has 7 nitrogen and oxygen atoms in total. The molecule has 0 aliphatic carbocycles. The van der Waals surface area contributed by atoms with Crippen molar-refractivity contribution in [1.82, 2.24) is 8.61 Å². The highest BCUT2D eigenvalue weighted by molar-refractivity contribution is 7.86. The Hall–Kier alpha value is -0.700. The summed E-state index contributed by atoms with van der Waals surface area (Å²) in [5.41, 5.74) is -1.11. The van der Waals surface area contributed by atoms with E-state index in [9.17, 15) is 18.3 Å². The SMILES string of the molecule is CCOC(=O)C1CCCN(S(=O)(=O)N(C)CC(C)(C)O)C1. The smallest absolute Gasteiger partial charge is 0.310 e. The van der Waals surface area contributed by atoms with Crippen LogP contribution in [0.25, 0.3) is 0 Å². The van der Waals surface area contributed by atoms with Gasteiger partial charge in [0.1, 0.15) is 0 Å². The summed E-state index contributed by atoms with van der Waals surface area (Å²) < 4.78 is 32.3. The lowest BCUT2D eigenvalue weighted by molar-refractivity contribution is -0.149. The van der Waals surface area contributed by atoms with Crippen molar-refractivity contribution in [3.8, 4) is 0 Å². The molecule has 1 aliphatic rings. The monoisotopic (exact) mass is 322 g/mol. The van der Waals surface area contributed by atoms with Gasteiger partial charge in [-0.15, -0.1) is 0 Å². The molecule has 8 heteroatoms. The molecule has 1 rings (SSSR count). The van der Waals surface area contributed by atoms with E-state index in [1.807, 2.05) is 0 Å². The minimum absolute atomic E-state index is 0.00406. The summed E-state index contributed by atoms with van der Waals surface area (Å²) in [6, 6.07) is 0. The number of likely N-dealkylation sites (N-methyl/N-ethyl adjacent to an activating group) is 1. The van der Waals surface area contributed by atoms with Crippen LogP contribution in [0.4, 0.5) is 0 Å². The number of ether oxygens (including phenoxy) is 1. The lowest BCUT2D eigenvalue weighted by Crippen LogP contribution is -2.51. The van der Waals surface area contributed by atoms with Crippen LogP contribution in [0.1, 0.15) is 33.6 Å². The summed E-state index contributed by atoms with van der Waals surface area (Å²) >= 11 is 0. The first-order valence-corrected chi connectivity index (χ1v) is 8.58. The van der Waals surface area contributed by atoms with Crippen LogP contribution in [0.2, 0.25) is 0 Å². The summed E-state index contributed by atoms with van der Waals surface area (Å²) in [4.78, 5) is 11.8. The zero-order chi connectivity index (χ0) is 16.3. The minimum Gasteiger partial charge on any atom is -0.466 e. The van der Waals surface area contributed by atoms with Crippen molar-refractivity contribution in [3.63, 3.8) is 0 Å². The average Bonchev–Trinajstić information content (AvgIpc) is 2.37. The van der Waals surface area contributed by atoms with E-state index in [4.69, 9.17) is 4.74 Å². The van der Waals surface area contributed by atoms with Gasteiger partial charge in [0, 0.05) is 26.7 Å². The summed E-state index contributed by atoms with van der Waals surface area (Å²) in [5, 5.41) is 9.76. The highest BCUT2D eigenvalue weighted by Gasteiger charge is 2.36. The van der Waals surface area contributed by atoms with E-state index >= 15 is 0 Å². The molecule has 0 spiro atoms. The number of carbonyl (C=O) groups excluding carboxylic acids is 1. The number of hydrogen-bond donors (Lipinski definition) is 1. The molecule has 1 heterocycles. The normalized spacial score (nSPS) is 21.5. The fourth-order valence-corrected chi connectivity index (χ4v) is 4.03. The molecule has 1 unspecified atom stereocenters. The molecule has 0 radical (unpaired) electrons. The van der Waals surface area contributed by atoms with Crippen molar-refractivity contribution in [2.45, 2.75) is 39.2 Å². The van der Waals surface area contributed by atoms with Gasteiger partial charge in [0.2, 0.25) is 0 Å². The Kier molecular flexibility index (Phi) is 6.15. The minimum atomic E-state index is -3.68. The predicted octanol–water partition coefficient (Wildman–Crippen LogP) is 0.209. The van der Waals surface area contributed by atoms with Gasteiger partial charge >= 0.3 is 5.97 Å². The molecule has 0 saturated carbocycles. The van der Waals surface area contributed by atoms with Gasteiger partial charge in [-0.3, -0.25) is 4.79 Å². The number of nitrogens with zero attached hydrogens (tertiary/aromatic N) is 2. The first-order chi connectivity index (χ1) is 9.58. The molecule has 0 aromatic carbocycles. The third kappa shape index (κ3) is 5.21. The Morgan fingerprint density at radius 3 is 2.62 bits per heavy atom. The van der Waals surface area contributed by atoms with Crippen LogP contribution in [-0.2, 0) is 19.7 Å².